The van der Waals surface area contributed by atoms with Crippen molar-refractivity contribution in [1.29, 1.82) is 0 Å². The van der Waals surface area contributed by atoms with Gasteiger partial charge in [-0.15, -0.1) is 0 Å². The molecule has 6 nitrogen and oxygen atoms in total. The van der Waals surface area contributed by atoms with E-state index < -0.39 is 5.41 Å². The standard InChI is InChI=1S/C24H33N3O3/c25-23(30)24(19-9-5-2-6-10-19)12-15-26(16-13-24)20-17-21(28)27(22(20)29)14-11-18-7-3-1-4-8-18/h1,3-4,7-8,19-20H,2,5-6,9-17H2,(H2,25,30)/t20-/m0/s1. The number of rotatable bonds is 6. The molecule has 1 atom stereocenters. The van der Waals surface area contributed by atoms with Crippen molar-refractivity contribution in [2.45, 2.75) is 63.8 Å². The average Bonchev–Trinajstić information content (AvgIpc) is 3.07. The number of carbonyl (C=O) groups is 3. The van der Waals surface area contributed by atoms with Crippen molar-refractivity contribution in [3.05, 3.63) is 35.9 Å². The highest BCUT2D eigenvalue weighted by Crippen LogP contribution is 2.46. The van der Waals surface area contributed by atoms with Gasteiger partial charge in [-0.2, -0.15) is 0 Å². The molecule has 3 aliphatic rings. The number of amides is 3. The minimum atomic E-state index is -0.435. The van der Waals surface area contributed by atoms with Crippen LogP contribution < -0.4 is 5.73 Å². The Balaban J connectivity index is 1.37. The summed E-state index contributed by atoms with van der Waals surface area (Å²) in [5.74, 6) is 0.0293. The van der Waals surface area contributed by atoms with Crippen molar-refractivity contribution < 1.29 is 14.4 Å². The van der Waals surface area contributed by atoms with E-state index in [1.165, 1.54) is 24.2 Å². The lowest BCUT2D eigenvalue weighted by Crippen LogP contribution is -2.54. The third kappa shape index (κ3) is 4.02. The van der Waals surface area contributed by atoms with Crippen molar-refractivity contribution >= 4 is 17.7 Å². The van der Waals surface area contributed by atoms with Gasteiger partial charge in [0.2, 0.25) is 17.7 Å². The van der Waals surface area contributed by atoms with E-state index in [1.54, 1.807) is 0 Å². The molecule has 0 bridgehead atoms. The Hall–Kier alpha value is -2.21. The van der Waals surface area contributed by atoms with E-state index in [9.17, 15) is 14.4 Å². The predicted octanol–water partition coefficient (Wildman–Crippen LogP) is 2.50. The number of nitrogens with zero attached hydrogens (tertiary/aromatic N) is 2. The van der Waals surface area contributed by atoms with Crippen molar-refractivity contribution in [3.8, 4) is 0 Å². The monoisotopic (exact) mass is 411 g/mol. The lowest BCUT2D eigenvalue weighted by Gasteiger charge is -2.46. The van der Waals surface area contributed by atoms with E-state index in [1.807, 2.05) is 30.3 Å². The highest BCUT2D eigenvalue weighted by molar-refractivity contribution is 6.05. The fourth-order valence-electron chi connectivity index (χ4n) is 5.82. The molecule has 0 radical (unpaired) electrons. The molecule has 30 heavy (non-hydrogen) atoms. The van der Waals surface area contributed by atoms with Crippen LogP contribution >= 0.6 is 0 Å². The zero-order chi connectivity index (χ0) is 21.1. The normalized spacial score (nSPS) is 25.6. The molecule has 162 valence electrons. The Kier molecular flexibility index (Phi) is 6.23. The number of carbonyl (C=O) groups excluding carboxylic acids is 3. The summed E-state index contributed by atoms with van der Waals surface area (Å²) < 4.78 is 0. The van der Waals surface area contributed by atoms with Gasteiger partial charge in [-0.25, -0.2) is 0 Å². The third-order valence-corrected chi connectivity index (χ3v) is 7.70. The molecular formula is C24H33N3O3. The lowest BCUT2D eigenvalue weighted by molar-refractivity contribution is -0.140. The Morgan fingerprint density at radius 2 is 1.70 bits per heavy atom. The molecular weight excluding hydrogens is 378 g/mol. The van der Waals surface area contributed by atoms with Gasteiger partial charge in [0, 0.05) is 6.54 Å². The molecule has 4 rings (SSSR count). The van der Waals surface area contributed by atoms with Crippen LogP contribution in [0.1, 0.15) is 56.9 Å². The van der Waals surface area contributed by atoms with E-state index >= 15 is 0 Å². The topological polar surface area (TPSA) is 83.7 Å². The van der Waals surface area contributed by atoms with Gasteiger partial charge in [0.05, 0.1) is 17.9 Å². The van der Waals surface area contributed by atoms with Gasteiger partial charge in [0.15, 0.2) is 0 Å². The van der Waals surface area contributed by atoms with Crippen LogP contribution in [-0.2, 0) is 20.8 Å². The first-order chi connectivity index (χ1) is 14.5. The molecule has 1 aromatic rings. The molecule has 2 aliphatic heterocycles. The number of benzene rings is 1. The van der Waals surface area contributed by atoms with Gasteiger partial charge in [-0.3, -0.25) is 24.2 Å². The number of likely N-dealkylation sites (tertiary alicyclic amines) is 2. The summed E-state index contributed by atoms with van der Waals surface area (Å²) in [6.45, 7) is 1.75. The predicted molar refractivity (Wildman–Crippen MR) is 114 cm³/mol. The lowest BCUT2D eigenvalue weighted by atomic mass is 9.63. The van der Waals surface area contributed by atoms with E-state index in [0.717, 1.165) is 18.4 Å². The number of hydrogen-bond acceptors (Lipinski definition) is 4. The zero-order valence-electron chi connectivity index (χ0n) is 17.7. The van der Waals surface area contributed by atoms with Gasteiger partial charge in [0.25, 0.3) is 0 Å². The molecule has 2 heterocycles. The van der Waals surface area contributed by atoms with Crippen LogP contribution in [0.2, 0.25) is 0 Å². The van der Waals surface area contributed by atoms with E-state index in [0.29, 0.717) is 44.8 Å². The van der Waals surface area contributed by atoms with Gasteiger partial charge >= 0.3 is 0 Å². The van der Waals surface area contributed by atoms with Crippen LogP contribution in [0, 0.1) is 11.3 Å². The summed E-state index contributed by atoms with van der Waals surface area (Å²) in [4.78, 5) is 41.6. The van der Waals surface area contributed by atoms with Crippen molar-refractivity contribution in [2.24, 2.45) is 17.1 Å². The highest BCUT2D eigenvalue weighted by atomic mass is 16.2. The fraction of sp³-hybridized carbons (Fsp3) is 0.625. The third-order valence-electron chi connectivity index (χ3n) is 7.70. The largest absolute Gasteiger partial charge is 0.369 e. The molecule has 3 amide bonds. The van der Waals surface area contributed by atoms with Crippen LogP contribution in [-0.4, -0.2) is 53.2 Å². The summed E-state index contributed by atoms with van der Waals surface area (Å²) in [5, 5.41) is 0. The average molecular weight is 412 g/mol. The maximum atomic E-state index is 13.0. The maximum Gasteiger partial charge on any atom is 0.247 e. The van der Waals surface area contributed by atoms with Crippen LogP contribution in [0.5, 0.6) is 0 Å². The number of piperidine rings is 1. The highest BCUT2D eigenvalue weighted by Gasteiger charge is 2.49. The molecule has 1 aromatic carbocycles. The summed E-state index contributed by atoms with van der Waals surface area (Å²) in [7, 11) is 0. The number of primary amides is 1. The summed E-state index contributed by atoms with van der Waals surface area (Å²) in [6.07, 6.45) is 8.09. The smallest absolute Gasteiger partial charge is 0.247 e. The van der Waals surface area contributed by atoms with Crippen molar-refractivity contribution in [2.75, 3.05) is 19.6 Å². The molecule has 6 heteroatoms. The van der Waals surface area contributed by atoms with Gasteiger partial charge < -0.3 is 5.73 Å². The SMILES string of the molecule is NC(=O)C1(C2CCCCC2)CCN([C@H]2CC(=O)N(CCc3ccccc3)C2=O)CC1. The number of nitrogens with two attached hydrogens (primary N) is 1. The molecule has 1 saturated carbocycles. The Bertz CT molecular complexity index is 780. The number of hydrogen-bond donors (Lipinski definition) is 1. The first-order valence-corrected chi connectivity index (χ1v) is 11.4. The van der Waals surface area contributed by atoms with E-state index in [2.05, 4.69) is 4.90 Å². The minimum absolute atomic E-state index is 0.0832. The second-order valence-electron chi connectivity index (χ2n) is 9.23. The fourth-order valence-corrected chi connectivity index (χ4v) is 5.82. The van der Waals surface area contributed by atoms with Crippen molar-refractivity contribution in [1.82, 2.24) is 9.80 Å². The molecule has 0 unspecified atom stereocenters. The van der Waals surface area contributed by atoms with Crippen LogP contribution in [0.3, 0.4) is 0 Å². The van der Waals surface area contributed by atoms with Crippen LogP contribution in [0.4, 0.5) is 0 Å². The Labute approximate surface area is 178 Å². The summed E-state index contributed by atoms with van der Waals surface area (Å²) in [6, 6.07) is 9.55. The van der Waals surface area contributed by atoms with Gasteiger partial charge in [-0.05, 0) is 56.7 Å². The molecule has 2 N–H and O–H groups in total. The second kappa shape index (κ2) is 8.88. The van der Waals surface area contributed by atoms with Crippen molar-refractivity contribution in [3.63, 3.8) is 0 Å². The first-order valence-electron chi connectivity index (χ1n) is 11.4. The van der Waals surface area contributed by atoms with Crippen LogP contribution in [0.15, 0.2) is 30.3 Å². The summed E-state index contributed by atoms with van der Waals surface area (Å²) in [5.41, 5.74) is 6.60. The Morgan fingerprint density at radius 1 is 1.03 bits per heavy atom. The molecule has 0 spiro atoms. The molecule has 0 aromatic heterocycles. The van der Waals surface area contributed by atoms with E-state index in [4.69, 9.17) is 5.73 Å². The number of imide groups is 1. The van der Waals surface area contributed by atoms with Gasteiger partial charge in [-0.1, -0.05) is 49.6 Å². The molecule has 2 saturated heterocycles. The Morgan fingerprint density at radius 3 is 2.33 bits per heavy atom. The molecule has 3 fully saturated rings. The first kappa shape index (κ1) is 21.0. The maximum absolute atomic E-state index is 13.0. The summed E-state index contributed by atoms with van der Waals surface area (Å²) >= 11 is 0. The van der Waals surface area contributed by atoms with Crippen LogP contribution in [0.25, 0.3) is 0 Å². The van der Waals surface area contributed by atoms with E-state index in [-0.39, 0.29) is 30.2 Å². The second-order valence-corrected chi connectivity index (χ2v) is 9.23. The van der Waals surface area contributed by atoms with Gasteiger partial charge in [0.1, 0.15) is 0 Å². The quantitative estimate of drug-likeness (QED) is 0.729. The minimum Gasteiger partial charge on any atom is -0.369 e. The zero-order valence-corrected chi connectivity index (χ0v) is 17.7. The molecule has 1 aliphatic carbocycles.